The Morgan fingerprint density at radius 1 is 1.10 bits per heavy atom. The van der Waals surface area contributed by atoms with E-state index in [2.05, 4.69) is 12.2 Å². The Balaban J connectivity index is 2.10. The second kappa shape index (κ2) is 6.70. The molecule has 2 aromatic rings. The maximum Gasteiger partial charge on any atom is 0.343 e. The van der Waals surface area contributed by atoms with Gasteiger partial charge in [-0.1, -0.05) is 25.1 Å². The Kier molecular flexibility index (Phi) is 4.72. The molecule has 2 aromatic carbocycles. The van der Waals surface area contributed by atoms with E-state index in [0.29, 0.717) is 17.0 Å². The Morgan fingerprint density at radius 3 is 2.43 bits per heavy atom. The molecule has 0 atom stereocenters. The summed E-state index contributed by atoms with van der Waals surface area (Å²) in [5, 5.41) is 2.63. The highest BCUT2D eigenvalue weighted by molar-refractivity contribution is 5.94. The lowest BCUT2D eigenvalue weighted by atomic mass is 10.1. The third-order valence-corrected chi connectivity index (χ3v) is 2.96. The highest BCUT2D eigenvalue weighted by Crippen LogP contribution is 2.16. The van der Waals surface area contributed by atoms with Gasteiger partial charge in [0.15, 0.2) is 0 Å². The van der Waals surface area contributed by atoms with Crippen LogP contribution in [0.25, 0.3) is 0 Å². The molecule has 0 heterocycles. The van der Waals surface area contributed by atoms with Crippen LogP contribution < -0.4 is 10.1 Å². The minimum absolute atomic E-state index is 0.185. The predicted octanol–water partition coefficient (Wildman–Crippen LogP) is 3.43. The molecule has 2 rings (SSSR count). The smallest absolute Gasteiger partial charge is 0.343 e. The topological polar surface area (TPSA) is 55.4 Å². The number of amides is 1. The molecule has 0 aliphatic rings. The van der Waals surface area contributed by atoms with E-state index in [1.165, 1.54) is 12.5 Å². The molecule has 0 radical (unpaired) electrons. The van der Waals surface area contributed by atoms with Gasteiger partial charge in [0.25, 0.3) is 0 Å². The van der Waals surface area contributed by atoms with E-state index in [4.69, 9.17) is 4.74 Å². The van der Waals surface area contributed by atoms with Crippen molar-refractivity contribution >= 4 is 17.6 Å². The molecule has 0 unspecified atom stereocenters. The van der Waals surface area contributed by atoms with Crippen LogP contribution in [-0.2, 0) is 11.2 Å². The number of carbonyl (C=O) groups is 2. The van der Waals surface area contributed by atoms with Gasteiger partial charge in [0, 0.05) is 12.6 Å². The molecule has 1 amide bonds. The number of anilines is 1. The van der Waals surface area contributed by atoms with E-state index in [1.807, 2.05) is 12.1 Å². The van der Waals surface area contributed by atoms with Crippen LogP contribution in [-0.4, -0.2) is 11.9 Å². The van der Waals surface area contributed by atoms with Gasteiger partial charge in [-0.3, -0.25) is 4.79 Å². The highest BCUT2D eigenvalue weighted by atomic mass is 16.5. The normalized spacial score (nSPS) is 10.0. The van der Waals surface area contributed by atoms with Gasteiger partial charge in [0.1, 0.15) is 5.75 Å². The summed E-state index contributed by atoms with van der Waals surface area (Å²) in [6.07, 6.45) is 0.937. The molecule has 0 aromatic heterocycles. The van der Waals surface area contributed by atoms with Crippen molar-refractivity contribution in [2.45, 2.75) is 20.3 Å². The van der Waals surface area contributed by atoms with Crippen LogP contribution in [0.3, 0.4) is 0 Å². The lowest BCUT2D eigenvalue weighted by Gasteiger charge is -2.07. The second-order valence-electron chi connectivity index (χ2n) is 4.65. The van der Waals surface area contributed by atoms with Crippen LogP contribution in [0.2, 0.25) is 0 Å². The van der Waals surface area contributed by atoms with Gasteiger partial charge >= 0.3 is 5.97 Å². The first-order valence-corrected chi connectivity index (χ1v) is 6.77. The largest absolute Gasteiger partial charge is 0.423 e. The first kappa shape index (κ1) is 14.8. The maximum absolute atomic E-state index is 12.1. The summed E-state index contributed by atoms with van der Waals surface area (Å²) in [6.45, 7) is 3.48. The molecule has 0 aliphatic carbocycles. The SMILES string of the molecule is CCc1ccc(OC(=O)c2cccc(NC(C)=O)c2)cc1. The molecule has 108 valence electrons. The molecule has 0 saturated carbocycles. The van der Waals surface area contributed by atoms with Crippen LogP contribution in [0, 0.1) is 0 Å². The zero-order valence-electron chi connectivity index (χ0n) is 12.1. The van der Waals surface area contributed by atoms with Gasteiger partial charge in [0.05, 0.1) is 5.56 Å². The number of carbonyl (C=O) groups excluding carboxylic acids is 2. The second-order valence-corrected chi connectivity index (χ2v) is 4.65. The van der Waals surface area contributed by atoms with Crippen LogP contribution in [0.15, 0.2) is 48.5 Å². The monoisotopic (exact) mass is 283 g/mol. The van der Waals surface area contributed by atoms with Crippen LogP contribution in [0.1, 0.15) is 29.8 Å². The zero-order valence-corrected chi connectivity index (χ0v) is 12.1. The summed E-state index contributed by atoms with van der Waals surface area (Å²) in [5.41, 5.74) is 2.14. The fraction of sp³-hybridized carbons (Fsp3) is 0.176. The minimum Gasteiger partial charge on any atom is -0.423 e. The number of hydrogen-bond donors (Lipinski definition) is 1. The average Bonchev–Trinajstić information content (AvgIpc) is 2.47. The van der Waals surface area contributed by atoms with Crippen molar-refractivity contribution < 1.29 is 14.3 Å². The molecule has 4 nitrogen and oxygen atoms in total. The van der Waals surface area contributed by atoms with Crippen molar-refractivity contribution in [3.63, 3.8) is 0 Å². The van der Waals surface area contributed by atoms with Crippen molar-refractivity contribution in [3.8, 4) is 5.75 Å². The lowest BCUT2D eigenvalue weighted by molar-refractivity contribution is -0.114. The van der Waals surface area contributed by atoms with Crippen molar-refractivity contribution in [1.82, 2.24) is 0 Å². The van der Waals surface area contributed by atoms with Gasteiger partial charge in [0.2, 0.25) is 5.91 Å². The molecule has 0 aliphatic heterocycles. The van der Waals surface area contributed by atoms with E-state index in [0.717, 1.165) is 6.42 Å². The molecule has 1 N–H and O–H groups in total. The van der Waals surface area contributed by atoms with Gasteiger partial charge < -0.3 is 10.1 Å². The fourth-order valence-electron chi connectivity index (χ4n) is 1.89. The van der Waals surface area contributed by atoms with Crippen molar-refractivity contribution in [2.75, 3.05) is 5.32 Å². The molecular formula is C17H17NO3. The summed E-state index contributed by atoms with van der Waals surface area (Å²) >= 11 is 0. The molecule has 4 heteroatoms. The van der Waals surface area contributed by atoms with Gasteiger partial charge in [-0.15, -0.1) is 0 Å². The number of benzene rings is 2. The summed E-state index contributed by atoms with van der Waals surface area (Å²) in [6, 6.07) is 14.0. The summed E-state index contributed by atoms with van der Waals surface area (Å²) in [5.74, 6) is -0.135. The van der Waals surface area contributed by atoms with Gasteiger partial charge in [-0.25, -0.2) is 4.79 Å². The first-order valence-electron chi connectivity index (χ1n) is 6.77. The number of ether oxygens (including phenoxy) is 1. The quantitative estimate of drug-likeness (QED) is 0.691. The Bertz CT molecular complexity index is 647. The van der Waals surface area contributed by atoms with Crippen LogP contribution >= 0.6 is 0 Å². The number of nitrogens with one attached hydrogen (secondary N) is 1. The van der Waals surface area contributed by atoms with E-state index in [-0.39, 0.29) is 5.91 Å². The molecule has 0 fully saturated rings. The van der Waals surface area contributed by atoms with E-state index in [9.17, 15) is 9.59 Å². The fourth-order valence-corrected chi connectivity index (χ4v) is 1.89. The van der Waals surface area contributed by atoms with Crippen LogP contribution in [0.4, 0.5) is 5.69 Å². The van der Waals surface area contributed by atoms with Crippen LogP contribution in [0.5, 0.6) is 5.75 Å². The number of aryl methyl sites for hydroxylation is 1. The summed E-state index contributed by atoms with van der Waals surface area (Å²) < 4.78 is 5.31. The molecule has 0 spiro atoms. The zero-order chi connectivity index (χ0) is 15.2. The highest BCUT2D eigenvalue weighted by Gasteiger charge is 2.09. The van der Waals surface area contributed by atoms with Gasteiger partial charge in [-0.05, 0) is 42.3 Å². The molecule has 21 heavy (non-hydrogen) atoms. The molecular weight excluding hydrogens is 266 g/mol. The lowest BCUT2D eigenvalue weighted by Crippen LogP contribution is -2.10. The Morgan fingerprint density at radius 2 is 1.81 bits per heavy atom. The molecule has 0 bridgehead atoms. The van der Waals surface area contributed by atoms with E-state index in [1.54, 1.807) is 36.4 Å². The van der Waals surface area contributed by atoms with Gasteiger partial charge in [-0.2, -0.15) is 0 Å². The Hall–Kier alpha value is -2.62. The van der Waals surface area contributed by atoms with Crippen molar-refractivity contribution in [2.24, 2.45) is 0 Å². The standard InChI is InChI=1S/C17H17NO3/c1-3-13-7-9-16(10-8-13)21-17(20)14-5-4-6-15(11-14)18-12(2)19/h4-11H,3H2,1-2H3,(H,18,19). The first-order chi connectivity index (χ1) is 10.1. The molecule has 0 saturated heterocycles. The summed E-state index contributed by atoms with van der Waals surface area (Å²) in [4.78, 5) is 23.1. The number of esters is 1. The number of hydrogen-bond acceptors (Lipinski definition) is 3. The van der Waals surface area contributed by atoms with E-state index >= 15 is 0 Å². The minimum atomic E-state index is -0.452. The maximum atomic E-state index is 12.1. The van der Waals surface area contributed by atoms with Crippen molar-refractivity contribution in [1.29, 1.82) is 0 Å². The average molecular weight is 283 g/mol. The summed E-state index contributed by atoms with van der Waals surface area (Å²) in [7, 11) is 0. The predicted molar refractivity (Wildman–Crippen MR) is 81.5 cm³/mol. The third-order valence-electron chi connectivity index (χ3n) is 2.96. The third kappa shape index (κ3) is 4.18. The van der Waals surface area contributed by atoms with E-state index < -0.39 is 5.97 Å². The Labute approximate surface area is 123 Å². The number of rotatable bonds is 4. The van der Waals surface area contributed by atoms with Crippen molar-refractivity contribution in [3.05, 3.63) is 59.7 Å².